The van der Waals surface area contributed by atoms with Crippen molar-refractivity contribution >= 4 is 33.1 Å². The number of hydrogen-bond acceptors (Lipinski definition) is 2. The molecule has 1 aliphatic carbocycles. The Morgan fingerprint density at radius 1 is 1.00 bits per heavy atom. The van der Waals surface area contributed by atoms with Crippen LogP contribution < -0.4 is 10.6 Å². The number of amides is 2. The molecule has 2 aromatic carbocycles. The van der Waals surface area contributed by atoms with Crippen molar-refractivity contribution in [2.75, 3.05) is 11.9 Å². The SMILES string of the molecule is CC(C)c1cccc(C(C)C)c1NC(=O)NCC1(c2csc3ccccc23)CCC1. The van der Waals surface area contributed by atoms with E-state index in [9.17, 15) is 4.79 Å². The lowest BCUT2D eigenvalue weighted by Gasteiger charge is -2.42. The number of fused-ring (bicyclic) bond motifs is 1. The fourth-order valence-electron chi connectivity index (χ4n) is 4.64. The van der Waals surface area contributed by atoms with Gasteiger partial charge < -0.3 is 10.6 Å². The van der Waals surface area contributed by atoms with E-state index in [1.54, 1.807) is 0 Å². The van der Waals surface area contributed by atoms with E-state index >= 15 is 0 Å². The molecule has 3 nitrogen and oxygen atoms in total. The second-order valence-electron chi connectivity index (χ2n) is 9.21. The molecule has 2 amide bonds. The molecule has 30 heavy (non-hydrogen) atoms. The average molecular weight is 421 g/mol. The number of thiophene rings is 1. The Morgan fingerprint density at radius 2 is 1.67 bits per heavy atom. The molecule has 4 rings (SSSR count). The Morgan fingerprint density at radius 3 is 2.27 bits per heavy atom. The van der Waals surface area contributed by atoms with E-state index in [0.717, 1.165) is 18.5 Å². The van der Waals surface area contributed by atoms with Gasteiger partial charge in [0.25, 0.3) is 0 Å². The minimum atomic E-state index is -0.101. The van der Waals surface area contributed by atoms with Crippen LogP contribution in [0.4, 0.5) is 10.5 Å². The first-order valence-electron chi connectivity index (χ1n) is 11.1. The Hall–Kier alpha value is -2.33. The van der Waals surface area contributed by atoms with Gasteiger partial charge in [0.1, 0.15) is 0 Å². The predicted octanol–water partition coefficient (Wildman–Crippen LogP) is 7.39. The first-order valence-corrected chi connectivity index (χ1v) is 11.9. The Labute approximate surface area is 183 Å². The van der Waals surface area contributed by atoms with Crippen LogP contribution in [-0.2, 0) is 5.41 Å². The Kier molecular flexibility index (Phi) is 5.88. The maximum atomic E-state index is 13.0. The Bertz CT molecular complexity index is 1020. The summed E-state index contributed by atoms with van der Waals surface area (Å²) in [5.74, 6) is 0.711. The highest BCUT2D eigenvalue weighted by atomic mass is 32.1. The second-order valence-corrected chi connectivity index (χ2v) is 10.1. The third-order valence-electron chi connectivity index (χ3n) is 6.56. The highest BCUT2D eigenvalue weighted by Crippen LogP contribution is 2.47. The number of nitrogens with one attached hydrogen (secondary N) is 2. The van der Waals surface area contributed by atoms with Crippen molar-refractivity contribution in [3.63, 3.8) is 0 Å². The van der Waals surface area contributed by atoms with Crippen LogP contribution >= 0.6 is 11.3 Å². The molecule has 0 saturated heterocycles. The zero-order valence-electron chi connectivity index (χ0n) is 18.4. The number of carbonyl (C=O) groups is 1. The summed E-state index contributed by atoms with van der Waals surface area (Å²) in [6.45, 7) is 9.38. The van der Waals surface area contributed by atoms with E-state index in [1.165, 1.54) is 33.2 Å². The van der Waals surface area contributed by atoms with Crippen molar-refractivity contribution in [1.29, 1.82) is 0 Å². The normalized spacial score (nSPS) is 15.4. The van der Waals surface area contributed by atoms with Gasteiger partial charge in [-0.05, 0) is 58.2 Å². The van der Waals surface area contributed by atoms with Gasteiger partial charge in [-0.1, -0.05) is 70.5 Å². The number of rotatable bonds is 6. The smallest absolute Gasteiger partial charge is 0.319 e. The van der Waals surface area contributed by atoms with Crippen LogP contribution in [-0.4, -0.2) is 12.6 Å². The summed E-state index contributed by atoms with van der Waals surface area (Å²) in [6, 6.07) is 14.9. The standard InChI is InChI=1S/C26H32N2OS/c1-17(2)19-10-7-11-20(18(3)4)24(19)28-25(29)27-16-26(13-8-14-26)22-15-30-23-12-6-5-9-21(22)23/h5-7,9-12,15,17-18H,8,13-14,16H2,1-4H3,(H2,27,28,29). The number of anilines is 1. The van der Waals surface area contributed by atoms with E-state index in [4.69, 9.17) is 0 Å². The number of urea groups is 1. The van der Waals surface area contributed by atoms with Crippen molar-refractivity contribution in [2.24, 2.45) is 0 Å². The summed E-state index contributed by atoms with van der Waals surface area (Å²) in [7, 11) is 0. The summed E-state index contributed by atoms with van der Waals surface area (Å²) in [5, 5.41) is 10.1. The molecule has 3 aromatic rings. The maximum absolute atomic E-state index is 13.0. The van der Waals surface area contributed by atoms with Gasteiger partial charge in [-0.15, -0.1) is 11.3 Å². The van der Waals surface area contributed by atoms with Crippen LogP contribution in [0.3, 0.4) is 0 Å². The third kappa shape index (κ3) is 3.85. The van der Waals surface area contributed by atoms with Gasteiger partial charge >= 0.3 is 6.03 Å². The molecule has 158 valence electrons. The number of para-hydroxylation sites is 1. The van der Waals surface area contributed by atoms with Crippen LogP contribution in [0.5, 0.6) is 0 Å². The van der Waals surface area contributed by atoms with Gasteiger partial charge in [0, 0.05) is 22.3 Å². The predicted molar refractivity (Wildman–Crippen MR) is 129 cm³/mol. The minimum Gasteiger partial charge on any atom is -0.337 e. The minimum absolute atomic E-state index is 0.0649. The highest BCUT2D eigenvalue weighted by Gasteiger charge is 2.40. The van der Waals surface area contributed by atoms with Crippen molar-refractivity contribution in [1.82, 2.24) is 5.32 Å². The Balaban J connectivity index is 1.53. The van der Waals surface area contributed by atoms with E-state index in [0.29, 0.717) is 18.4 Å². The molecule has 1 aliphatic rings. The van der Waals surface area contributed by atoms with Gasteiger partial charge in [-0.2, -0.15) is 0 Å². The van der Waals surface area contributed by atoms with Gasteiger partial charge in [-0.25, -0.2) is 4.79 Å². The summed E-state index contributed by atoms with van der Waals surface area (Å²) in [4.78, 5) is 13.0. The molecule has 0 spiro atoms. The fraction of sp³-hybridized carbons (Fsp3) is 0.423. The number of carbonyl (C=O) groups excluding carboxylic acids is 1. The molecular weight excluding hydrogens is 388 g/mol. The first-order chi connectivity index (χ1) is 14.4. The van der Waals surface area contributed by atoms with Crippen LogP contribution in [0, 0.1) is 0 Å². The molecule has 1 heterocycles. The van der Waals surface area contributed by atoms with Crippen LogP contribution in [0.2, 0.25) is 0 Å². The molecule has 1 aromatic heterocycles. The fourth-order valence-corrected chi connectivity index (χ4v) is 5.72. The van der Waals surface area contributed by atoms with Crippen LogP contribution in [0.1, 0.15) is 75.5 Å². The van der Waals surface area contributed by atoms with Crippen LogP contribution in [0.15, 0.2) is 47.8 Å². The quantitative estimate of drug-likeness (QED) is 0.429. The topological polar surface area (TPSA) is 41.1 Å². The molecule has 0 aliphatic heterocycles. The largest absolute Gasteiger partial charge is 0.337 e. The molecule has 0 bridgehead atoms. The van der Waals surface area contributed by atoms with E-state index in [-0.39, 0.29) is 11.4 Å². The molecule has 0 radical (unpaired) electrons. The van der Waals surface area contributed by atoms with Crippen molar-refractivity contribution in [3.8, 4) is 0 Å². The molecule has 1 fully saturated rings. The monoisotopic (exact) mass is 420 g/mol. The van der Waals surface area contributed by atoms with Crippen molar-refractivity contribution < 1.29 is 4.79 Å². The van der Waals surface area contributed by atoms with E-state index < -0.39 is 0 Å². The molecule has 4 heteroatoms. The van der Waals surface area contributed by atoms with Crippen molar-refractivity contribution in [3.05, 3.63) is 64.5 Å². The van der Waals surface area contributed by atoms with Crippen LogP contribution in [0.25, 0.3) is 10.1 Å². The molecular formula is C26H32N2OS. The van der Waals surface area contributed by atoms with Gasteiger partial charge in [0.05, 0.1) is 0 Å². The maximum Gasteiger partial charge on any atom is 0.319 e. The lowest BCUT2D eigenvalue weighted by molar-refractivity contribution is 0.223. The van der Waals surface area contributed by atoms with Gasteiger partial charge in [0.15, 0.2) is 0 Å². The summed E-state index contributed by atoms with van der Waals surface area (Å²) in [5.41, 5.74) is 4.83. The lowest BCUT2D eigenvalue weighted by atomic mass is 9.64. The highest BCUT2D eigenvalue weighted by molar-refractivity contribution is 7.17. The van der Waals surface area contributed by atoms with Crippen molar-refractivity contribution in [2.45, 2.75) is 64.2 Å². The number of hydrogen-bond donors (Lipinski definition) is 2. The molecule has 0 atom stereocenters. The molecule has 1 saturated carbocycles. The average Bonchev–Trinajstić information content (AvgIpc) is 3.11. The van der Waals surface area contributed by atoms with E-state index in [2.05, 4.69) is 86.2 Å². The zero-order valence-corrected chi connectivity index (χ0v) is 19.2. The summed E-state index contributed by atoms with van der Waals surface area (Å²) >= 11 is 1.81. The zero-order chi connectivity index (χ0) is 21.3. The van der Waals surface area contributed by atoms with Gasteiger partial charge in [-0.3, -0.25) is 0 Å². The summed E-state index contributed by atoms with van der Waals surface area (Å²) in [6.07, 6.45) is 3.49. The lowest BCUT2D eigenvalue weighted by Crippen LogP contribution is -2.46. The molecule has 0 unspecified atom stereocenters. The molecule has 2 N–H and O–H groups in total. The first kappa shape index (κ1) is 20.9. The second kappa shape index (κ2) is 8.43. The third-order valence-corrected chi connectivity index (χ3v) is 7.53. The van der Waals surface area contributed by atoms with E-state index in [1.807, 2.05) is 11.3 Å². The number of benzene rings is 2. The summed E-state index contributed by atoms with van der Waals surface area (Å²) < 4.78 is 1.33. The van der Waals surface area contributed by atoms with Gasteiger partial charge in [0.2, 0.25) is 0 Å².